The Morgan fingerprint density at radius 2 is 2.09 bits per heavy atom. The van der Waals surface area contributed by atoms with Gasteiger partial charge in [0, 0.05) is 25.2 Å². The monoisotopic (exact) mass is 312 g/mol. The number of morpholine rings is 1. The molecule has 0 amide bonds. The van der Waals surface area contributed by atoms with Crippen molar-refractivity contribution in [1.29, 1.82) is 0 Å². The van der Waals surface area contributed by atoms with Gasteiger partial charge in [-0.15, -0.1) is 0 Å². The van der Waals surface area contributed by atoms with Gasteiger partial charge in [0.05, 0.1) is 19.8 Å². The van der Waals surface area contributed by atoms with Crippen LogP contribution in [0.3, 0.4) is 0 Å². The Morgan fingerprint density at radius 1 is 1.32 bits per heavy atom. The molecule has 0 spiro atoms. The Bertz CT molecular complexity index is 504. The van der Waals surface area contributed by atoms with Crippen molar-refractivity contribution in [2.75, 3.05) is 39.4 Å². The van der Waals surface area contributed by atoms with Crippen molar-refractivity contribution in [3.05, 3.63) is 35.4 Å². The van der Waals surface area contributed by atoms with Crippen LogP contribution < -0.4 is 11.1 Å². The summed E-state index contributed by atoms with van der Waals surface area (Å²) in [4.78, 5) is 6.36. The molecule has 1 saturated heterocycles. The summed E-state index contributed by atoms with van der Waals surface area (Å²) >= 11 is 0. The first-order chi connectivity index (χ1) is 10.6. The van der Waals surface area contributed by atoms with Gasteiger partial charge in [-0.05, 0) is 31.2 Å². The molecule has 1 heterocycles. The molecular weight excluding hydrogens is 290 g/mol. The molecule has 1 aliphatic heterocycles. The first kappa shape index (κ1) is 16.6. The minimum absolute atomic E-state index is 0.0197. The molecular formula is C15H22F2N4O. The molecule has 2 rings (SSSR count). The molecule has 1 aliphatic rings. The molecule has 1 fully saturated rings. The Labute approximate surface area is 129 Å². The van der Waals surface area contributed by atoms with Crippen molar-refractivity contribution in [2.45, 2.75) is 13.0 Å². The lowest BCUT2D eigenvalue weighted by molar-refractivity contribution is 0.0376. The highest BCUT2D eigenvalue weighted by Crippen LogP contribution is 2.10. The maximum Gasteiger partial charge on any atom is 0.188 e. The summed E-state index contributed by atoms with van der Waals surface area (Å²) in [5, 5.41) is 2.98. The van der Waals surface area contributed by atoms with E-state index in [1.54, 1.807) is 0 Å². The molecule has 0 saturated carbocycles. The van der Waals surface area contributed by atoms with E-state index in [0.29, 0.717) is 6.54 Å². The third kappa shape index (κ3) is 5.57. The summed E-state index contributed by atoms with van der Waals surface area (Å²) in [6.45, 7) is 5.18. The number of nitrogens with one attached hydrogen (secondary N) is 1. The maximum atomic E-state index is 13.4. The molecule has 0 bridgehead atoms. The van der Waals surface area contributed by atoms with E-state index in [-0.39, 0.29) is 18.1 Å². The summed E-state index contributed by atoms with van der Waals surface area (Å²) < 4.78 is 31.7. The van der Waals surface area contributed by atoms with Crippen LogP contribution in [-0.4, -0.2) is 50.3 Å². The van der Waals surface area contributed by atoms with Gasteiger partial charge >= 0.3 is 0 Å². The van der Waals surface area contributed by atoms with Gasteiger partial charge in [-0.2, -0.15) is 0 Å². The standard InChI is InChI=1S/C15H22F2N4O/c16-13-2-3-14(17)12(10-13)11-20-15(18)19-4-1-5-21-6-8-22-9-7-21/h2-3,10H,1,4-9,11H2,(H3,18,19,20). The highest BCUT2D eigenvalue weighted by atomic mass is 19.1. The van der Waals surface area contributed by atoms with Gasteiger partial charge in [0.2, 0.25) is 0 Å². The number of rotatable bonds is 6. The first-order valence-corrected chi connectivity index (χ1v) is 7.43. The topological polar surface area (TPSA) is 62.9 Å². The van der Waals surface area contributed by atoms with Crippen molar-refractivity contribution in [3.63, 3.8) is 0 Å². The number of aliphatic imine (C=N–C) groups is 1. The summed E-state index contributed by atoms with van der Waals surface area (Å²) in [7, 11) is 0. The van der Waals surface area contributed by atoms with E-state index in [1.165, 1.54) is 0 Å². The highest BCUT2D eigenvalue weighted by Gasteiger charge is 2.09. The summed E-state index contributed by atoms with van der Waals surface area (Å²) in [5.41, 5.74) is 5.91. The van der Waals surface area contributed by atoms with Crippen LogP contribution in [0.1, 0.15) is 12.0 Å². The van der Waals surface area contributed by atoms with Crippen molar-refractivity contribution in [2.24, 2.45) is 10.7 Å². The molecule has 1 aromatic rings. The van der Waals surface area contributed by atoms with Gasteiger partial charge in [0.25, 0.3) is 0 Å². The second-order valence-corrected chi connectivity index (χ2v) is 5.17. The predicted molar refractivity (Wildman–Crippen MR) is 81.6 cm³/mol. The zero-order valence-electron chi connectivity index (χ0n) is 12.5. The average Bonchev–Trinajstić information content (AvgIpc) is 2.53. The van der Waals surface area contributed by atoms with Gasteiger partial charge in [-0.1, -0.05) is 0 Å². The van der Waals surface area contributed by atoms with Crippen LogP contribution >= 0.6 is 0 Å². The van der Waals surface area contributed by atoms with Crippen LogP contribution in [0.2, 0.25) is 0 Å². The Hall–Kier alpha value is -1.73. The second kappa shape index (κ2) is 8.65. The van der Waals surface area contributed by atoms with E-state index in [2.05, 4.69) is 15.2 Å². The fraction of sp³-hybridized carbons (Fsp3) is 0.533. The molecule has 22 heavy (non-hydrogen) atoms. The molecule has 0 atom stereocenters. The third-order valence-electron chi connectivity index (χ3n) is 3.49. The van der Waals surface area contributed by atoms with E-state index in [1.807, 2.05) is 0 Å². The van der Waals surface area contributed by atoms with Crippen LogP contribution in [0, 0.1) is 11.6 Å². The highest BCUT2D eigenvalue weighted by molar-refractivity contribution is 5.77. The lowest BCUT2D eigenvalue weighted by Gasteiger charge is -2.26. The summed E-state index contributed by atoms with van der Waals surface area (Å²) in [6.07, 6.45) is 0.935. The lowest BCUT2D eigenvalue weighted by Crippen LogP contribution is -2.39. The fourth-order valence-electron chi connectivity index (χ4n) is 2.23. The van der Waals surface area contributed by atoms with E-state index >= 15 is 0 Å². The molecule has 3 N–H and O–H groups in total. The van der Waals surface area contributed by atoms with Gasteiger partial charge < -0.3 is 15.8 Å². The van der Waals surface area contributed by atoms with Crippen LogP contribution in [0.4, 0.5) is 8.78 Å². The molecule has 0 aliphatic carbocycles. The number of guanidine groups is 1. The number of hydrogen-bond donors (Lipinski definition) is 2. The number of nitrogens with two attached hydrogens (primary N) is 1. The number of benzene rings is 1. The fourth-order valence-corrected chi connectivity index (χ4v) is 2.23. The van der Waals surface area contributed by atoms with Crippen molar-refractivity contribution >= 4 is 5.96 Å². The van der Waals surface area contributed by atoms with Crippen molar-refractivity contribution < 1.29 is 13.5 Å². The Kier molecular flexibility index (Phi) is 6.54. The molecule has 7 heteroatoms. The maximum absolute atomic E-state index is 13.4. The average molecular weight is 312 g/mol. The van der Waals surface area contributed by atoms with Crippen LogP contribution in [0.15, 0.2) is 23.2 Å². The van der Waals surface area contributed by atoms with Crippen LogP contribution in [0.25, 0.3) is 0 Å². The molecule has 0 unspecified atom stereocenters. The zero-order valence-corrected chi connectivity index (χ0v) is 12.5. The van der Waals surface area contributed by atoms with Crippen molar-refractivity contribution in [1.82, 2.24) is 10.2 Å². The van der Waals surface area contributed by atoms with E-state index in [4.69, 9.17) is 10.5 Å². The SMILES string of the molecule is NC(=NCc1cc(F)ccc1F)NCCCN1CCOCC1. The number of halogens is 2. The molecule has 0 aromatic heterocycles. The summed E-state index contributed by atoms with van der Waals surface area (Å²) in [6, 6.07) is 3.30. The number of nitrogens with zero attached hydrogens (tertiary/aromatic N) is 2. The van der Waals surface area contributed by atoms with E-state index in [9.17, 15) is 8.78 Å². The molecule has 122 valence electrons. The molecule has 5 nitrogen and oxygen atoms in total. The Balaban J connectivity index is 1.67. The third-order valence-corrected chi connectivity index (χ3v) is 3.49. The van der Waals surface area contributed by atoms with E-state index in [0.717, 1.165) is 57.5 Å². The second-order valence-electron chi connectivity index (χ2n) is 5.17. The molecule has 1 aromatic carbocycles. The predicted octanol–water partition coefficient (Wildman–Crippen LogP) is 1.09. The zero-order chi connectivity index (χ0) is 15.8. The van der Waals surface area contributed by atoms with Gasteiger partial charge in [0.1, 0.15) is 11.6 Å². The summed E-state index contributed by atoms with van der Waals surface area (Å²) in [5.74, 6) is -0.723. The number of ether oxygens (including phenoxy) is 1. The normalized spacial score (nSPS) is 16.7. The van der Waals surface area contributed by atoms with Crippen LogP contribution in [-0.2, 0) is 11.3 Å². The largest absolute Gasteiger partial charge is 0.379 e. The van der Waals surface area contributed by atoms with Gasteiger partial charge in [-0.25, -0.2) is 13.8 Å². The van der Waals surface area contributed by atoms with Gasteiger partial charge in [-0.3, -0.25) is 4.90 Å². The quantitative estimate of drug-likeness (QED) is 0.469. The molecule has 0 radical (unpaired) electrons. The Morgan fingerprint density at radius 3 is 2.86 bits per heavy atom. The van der Waals surface area contributed by atoms with Crippen LogP contribution in [0.5, 0.6) is 0 Å². The lowest BCUT2D eigenvalue weighted by atomic mass is 10.2. The minimum atomic E-state index is -0.483. The first-order valence-electron chi connectivity index (χ1n) is 7.43. The number of hydrogen-bond acceptors (Lipinski definition) is 3. The smallest absolute Gasteiger partial charge is 0.188 e. The minimum Gasteiger partial charge on any atom is -0.379 e. The van der Waals surface area contributed by atoms with Gasteiger partial charge in [0.15, 0.2) is 5.96 Å². The van der Waals surface area contributed by atoms with E-state index < -0.39 is 11.6 Å². The van der Waals surface area contributed by atoms with Crippen molar-refractivity contribution in [3.8, 4) is 0 Å².